The van der Waals surface area contributed by atoms with Crippen molar-refractivity contribution in [1.82, 2.24) is 0 Å². The van der Waals surface area contributed by atoms with Gasteiger partial charge in [-0.15, -0.1) is 0 Å². The third-order valence-corrected chi connectivity index (χ3v) is 3.57. The van der Waals surface area contributed by atoms with E-state index in [0.717, 1.165) is 24.8 Å². The Labute approximate surface area is 113 Å². The van der Waals surface area contributed by atoms with Gasteiger partial charge in [-0.25, -0.2) is 0 Å². The van der Waals surface area contributed by atoms with Crippen LogP contribution < -0.4 is 4.74 Å². The van der Waals surface area contributed by atoms with Gasteiger partial charge in [0.1, 0.15) is 11.7 Å². The third-order valence-electron chi connectivity index (χ3n) is 3.57. The SMILES string of the molecule is COc1ccc(C)cc1C(C(=O)O)C1CCCCO1. The fourth-order valence-corrected chi connectivity index (χ4v) is 2.62. The molecule has 0 radical (unpaired) electrons. The Balaban J connectivity index is 2.37. The van der Waals surface area contributed by atoms with E-state index in [-0.39, 0.29) is 6.10 Å². The molecule has 0 bridgehead atoms. The summed E-state index contributed by atoms with van der Waals surface area (Å²) in [5, 5.41) is 9.55. The molecule has 2 atom stereocenters. The van der Waals surface area contributed by atoms with Crippen LogP contribution in [0.1, 0.15) is 36.3 Å². The summed E-state index contributed by atoms with van der Waals surface area (Å²) in [6, 6.07) is 5.63. The molecule has 1 aromatic rings. The summed E-state index contributed by atoms with van der Waals surface area (Å²) in [4.78, 5) is 11.6. The summed E-state index contributed by atoms with van der Waals surface area (Å²) in [6.07, 6.45) is 2.55. The Hall–Kier alpha value is -1.55. The van der Waals surface area contributed by atoms with Crippen LogP contribution in [0.4, 0.5) is 0 Å². The van der Waals surface area contributed by atoms with Crippen molar-refractivity contribution < 1.29 is 19.4 Å². The highest BCUT2D eigenvalue weighted by atomic mass is 16.5. The molecule has 1 aromatic carbocycles. The largest absolute Gasteiger partial charge is 0.496 e. The first-order valence-electron chi connectivity index (χ1n) is 6.62. The van der Waals surface area contributed by atoms with E-state index in [1.807, 2.05) is 25.1 Å². The van der Waals surface area contributed by atoms with E-state index in [0.29, 0.717) is 17.9 Å². The molecule has 1 aliphatic rings. The molecule has 0 saturated carbocycles. The molecule has 1 heterocycles. The molecule has 4 heteroatoms. The van der Waals surface area contributed by atoms with E-state index >= 15 is 0 Å². The minimum Gasteiger partial charge on any atom is -0.496 e. The molecule has 1 saturated heterocycles. The molecule has 0 aliphatic carbocycles. The zero-order valence-electron chi connectivity index (χ0n) is 11.4. The zero-order chi connectivity index (χ0) is 13.8. The Morgan fingerprint density at radius 2 is 2.26 bits per heavy atom. The molecule has 0 amide bonds. The maximum absolute atomic E-state index is 11.6. The quantitative estimate of drug-likeness (QED) is 0.908. The van der Waals surface area contributed by atoms with Gasteiger partial charge in [-0.05, 0) is 32.3 Å². The van der Waals surface area contributed by atoms with Gasteiger partial charge in [0.25, 0.3) is 0 Å². The number of ether oxygens (including phenoxy) is 2. The van der Waals surface area contributed by atoms with Crippen LogP contribution in [0.3, 0.4) is 0 Å². The second kappa shape index (κ2) is 6.06. The number of carboxylic acids is 1. The lowest BCUT2D eigenvalue weighted by Gasteiger charge is -2.29. The minimum absolute atomic E-state index is 0.262. The van der Waals surface area contributed by atoms with Crippen LogP contribution in [0.5, 0.6) is 5.75 Å². The van der Waals surface area contributed by atoms with Crippen molar-refractivity contribution in [2.75, 3.05) is 13.7 Å². The summed E-state index contributed by atoms with van der Waals surface area (Å²) < 4.78 is 11.0. The minimum atomic E-state index is -0.851. The van der Waals surface area contributed by atoms with Gasteiger partial charge < -0.3 is 14.6 Å². The van der Waals surface area contributed by atoms with Crippen LogP contribution >= 0.6 is 0 Å². The average Bonchev–Trinajstić information content (AvgIpc) is 2.40. The average molecular weight is 264 g/mol. The van der Waals surface area contributed by atoms with Crippen molar-refractivity contribution in [2.45, 2.75) is 38.2 Å². The Bertz CT molecular complexity index is 449. The van der Waals surface area contributed by atoms with E-state index in [2.05, 4.69) is 0 Å². The molecule has 0 spiro atoms. The van der Waals surface area contributed by atoms with Crippen molar-refractivity contribution >= 4 is 5.97 Å². The van der Waals surface area contributed by atoms with Gasteiger partial charge in [-0.3, -0.25) is 4.79 Å². The van der Waals surface area contributed by atoms with E-state index < -0.39 is 11.9 Å². The maximum Gasteiger partial charge on any atom is 0.313 e. The molecular formula is C15H20O4. The Morgan fingerprint density at radius 1 is 1.47 bits per heavy atom. The summed E-state index contributed by atoms with van der Waals surface area (Å²) in [6.45, 7) is 2.59. The predicted molar refractivity (Wildman–Crippen MR) is 71.7 cm³/mol. The number of aryl methyl sites for hydroxylation is 1. The molecule has 1 N–H and O–H groups in total. The number of aliphatic carboxylic acids is 1. The normalized spacial score (nSPS) is 20.8. The number of carbonyl (C=O) groups is 1. The molecule has 2 rings (SSSR count). The molecule has 1 aliphatic heterocycles. The second-order valence-corrected chi connectivity index (χ2v) is 4.97. The summed E-state index contributed by atoms with van der Waals surface area (Å²) >= 11 is 0. The summed E-state index contributed by atoms with van der Waals surface area (Å²) in [5.41, 5.74) is 1.74. The molecule has 104 valence electrons. The van der Waals surface area contributed by atoms with Crippen molar-refractivity contribution in [2.24, 2.45) is 0 Å². The number of carboxylic acid groups (broad SMARTS) is 1. The smallest absolute Gasteiger partial charge is 0.313 e. The van der Waals surface area contributed by atoms with Crippen molar-refractivity contribution in [3.63, 3.8) is 0 Å². The molecule has 2 unspecified atom stereocenters. The maximum atomic E-state index is 11.6. The third kappa shape index (κ3) is 3.07. The van der Waals surface area contributed by atoms with Crippen LogP contribution in [0.2, 0.25) is 0 Å². The lowest BCUT2D eigenvalue weighted by Crippen LogP contribution is -2.32. The molecule has 19 heavy (non-hydrogen) atoms. The van der Waals surface area contributed by atoms with Crippen LogP contribution in [0.15, 0.2) is 18.2 Å². The summed E-state index contributed by atoms with van der Waals surface area (Å²) in [7, 11) is 1.56. The fourth-order valence-electron chi connectivity index (χ4n) is 2.62. The first-order chi connectivity index (χ1) is 9.13. The second-order valence-electron chi connectivity index (χ2n) is 4.97. The number of benzene rings is 1. The van der Waals surface area contributed by atoms with Crippen LogP contribution in [-0.4, -0.2) is 30.9 Å². The highest BCUT2D eigenvalue weighted by Crippen LogP contribution is 2.34. The van der Waals surface area contributed by atoms with Gasteiger partial charge >= 0.3 is 5.97 Å². The zero-order valence-corrected chi connectivity index (χ0v) is 11.4. The fraction of sp³-hybridized carbons (Fsp3) is 0.533. The van der Waals surface area contributed by atoms with E-state index in [4.69, 9.17) is 9.47 Å². The van der Waals surface area contributed by atoms with E-state index in [1.54, 1.807) is 7.11 Å². The van der Waals surface area contributed by atoms with Gasteiger partial charge in [0.2, 0.25) is 0 Å². The highest BCUT2D eigenvalue weighted by Gasteiger charge is 2.34. The van der Waals surface area contributed by atoms with Gasteiger partial charge in [0.15, 0.2) is 0 Å². The van der Waals surface area contributed by atoms with Crippen molar-refractivity contribution in [3.05, 3.63) is 29.3 Å². The topological polar surface area (TPSA) is 55.8 Å². The number of hydrogen-bond donors (Lipinski definition) is 1. The first kappa shape index (κ1) is 13.9. The number of hydrogen-bond acceptors (Lipinski definition) is 3. The highest BCUT2D eigenvalue weighted by molar-refractivity contribution is 5.78. The number of rotatable bonds is 4. The van der Waals surface area contributed by atoms with Gasteiger partial charge in [0.05, 0.1) is 13.2 Å². The lowest BCUT2D eigenvalue weighted by molar-refractivity contribution is -0.144. The predicted octanol–water partition coefficient (Wildman–Crippen LogP) is 2.74. The molecular weight excluding hydrogens is 244 g/mol. The van der Waals surface area contributed by atoms with Gasteiger partial charge in [-0.2, -0.15) is 0 Å². The van der Waals surface area contributed by atoms with Gasteiger partial charge in [0, 0.05) is 12.2 Å². The first-order valence-corrected chi connectivity index (χ1v) is 6.62. The number of methoxy groups -OCH3 is 1. The lowest BCUT2D eigenvalue weighted by atomic mass is 9.88. The van der Waals surface area contributed by atoms with E-state index in [9.17, 15) is 9.90 Å². The van der Waals surface area contributed by atoms with Crippen molar-refractivity contribution in [3.8, 4) is 5.75 Å². The van der Waals surface area contributed by atoms with E-state index in [1.165, 1.54) is 0 Å². The standard InChI is InChI=1S/C15H20O4/c1-10-6-7-12(18-2)11(9-10)14(15(16)17)13-5-3-4-8-19-13/h6-7,9,13-14H,3-5,8H2,1-2H3,(H,16,17). The Morgan fingerprint density at radius 3 is 2.84 bits per heavy atom. The molecule has 4 nitrogen and oxygen atoms in total. The van der Waals surface area contributed by atoms with Gasteiger partial charge in [-0.1, -0.05) is 17.7 Å². The van der Waals surface area contributed by atoms with Crippen molar-refractivity contribution in [1.29, 1.82) is 0 Å². The summed E-state index contributed by atoms with van der Waals surface area (Å²) in [5.74, 6) is -0.891. The molecule has 0 aromatic heterocycles. The molecule has 1 fully saturated rings. The Kier molecular flexibility index (Phi) is 4.43. The van der Waals surface area contributed by atoms with Crippen LogP contribution in [-0.2, 0) is 9.53 Å². The van der Waals surface area contributed by atoms with Crippen LogP contribution in [0.25, 0.3) is 0 Å². The monoisotopic (exact) mass is 264 g/mol. The van der Waals surface area contributed by atoms with Crippen LogP contribution in [0, 0.1) is 6.92 Å².